The lowest BCUT2D eigenvalue weighted by Gasteiger charge is -2.61. The van der Waals surface area contributed by atoms with Crippen LogP contribution in [0.1, 0.15) is 85.5 Å². The number of carbonyl (C=O) groups excluding carboxylic acids is 2. The van der Waals surface area contributed by atoms with Crippen LogP contribution in [-0.4, -0.2) is 54.4 Å². The van der Waals surface area contributed by atoms with Crippen LogP contribution in [0.4, 0.5) is 0 Å². The van der Waals surface area contributed by atoms with Crippen molar-refractivity contribution in [1.29, 1.82) is 0 Å². The summed E-state index contributed by atoms with van der Waals surface area (Å²) in [6, 6.07) is 0. The highest BCUT2D eigenvalue weighted by Gasteiger charge is 2.72. The summed E-state index contributed by atoms with van der Waals surface area (Å²) < 4.78 is 24.4. The molecule has 196 valence electrons. The summed E-state index contributed by atoms with van der Waals surface area (Å²) in [6.45, 7) is 9.07. The van der Waals surface area contributed by atoms with Crippen molar-refractivity contribution in [1.82, 2.24) is 0 Å². The van der Waals surface area contributed by atoms with Crippen molar-refractivity contribution in [2.75, 3.05) is 19.8 Å². The lowest BCUT2D eigenvalue weighted by molar-refractivity contribution is -0.530. The molecule has 5 aliphatic rings. The Balaban J connectivity index is 1.49. The molecule has 0 aromatic carbocycles. The van der Waals surface area contributed by atoms with Gasteiger partial charge in [-0.3, -0.25) is 19.1 Å². The van der Waals surface area contributed by atoms with Crippen molar-refractivity contribution in [2.45, 2.75) is 103 Å². The number of hydrogen-bond donors (Lipinski definition) is 1. The highest BCUT2D eigenvalue weighted by molar-refractivity contribution is 5.92. The van der Waals surface area contributed by atoms with E-state index < -0.39 is 23.3 Å². The van der Waals surface area contributed by atoms with Gasteiger partial charge in [0.15, 0.2) is 11.6 Å². The highest BCUT2D eigenvalue weighted by atomic mass is 17.0. The molecule has 0 radical (unpaired) electrons. The van der Waals surface area contributed by atoms with Gasteiger partial charge >= 0.3 is 6.16 Å². The second-order valence-corrected chi connectivity index (χ2v) is 12.0. The van der Waals surface area contributed by atoms with Crippen molar-refractivity contribution in [2.24, 2.45) is 28.6 Å². The fraction of sp³-hybridized carbons (Fsp3) is 0.857. The van der Waals surface area contributed by atoms with Crippen LogP contribution in [0.3, 0.4) is 0 Å². The van der Waals surface area contributed by atoms with Crippen LogP contribution in [-0.2, 0) is 28.5 Å². The Labute approximate surface area is 208 Å². The molecule has 0 aromatic heterocycles. The van der Waals surface area contributed by atoms with E-state index in [4.69, 9.17) is 18.9 Å². The third-order valence-electron chi connectivity index (χ3n) is 10.1. The van der Waals surface area contributed by atoms with Crippen molar-refractivity contribution in [3.63, 3.8) is 0 Å². The van der Waals surface area contributed by atoms with Gasteiger partial charge < -0.3 is 14.6 Å². The van der Waals surface area contributed by atoms with Crippen LogP contribution in [0.25, 0.3) is 0 Å². The van der Waals surface area contributed by atoms with Crippen LogP contribution < -0.4 is 0 Å². The number of carbonyl (C=O) groups is 2. The molecule has 5 rings (SSSR count). The summed E-state index contributed by atoms with van der Waals surface area (Å²) >= 11 is 0. The summed E-state index contributed by atoms with van der Waals surface area (Å²) in [4.78, 5) is 25.8. The van der Waals surface area contributed by atoms with Crippen molar-refractivity contribution in [3.05, 3.63) is 11.6 Å². The Morgan fingerprint density at radius 3 is 2.46 bits per heavy atom. The Morgan fingerprint density at radius 1 is 1.06 bits per heavy atom. The van der Waals surface area contributed by atoms with Gasteiger partial charge in [0.2, 0.25) is 0 Å². The Morgan fingerprint density at radius 2 is 1.77 bits per heavy atom. The van der Waals surface area contributed by atoms with Crippen molar-refractivity contribution < 1.29 is 33.6 Å². The quantitative estimate of drug-likeness (QED) is 0.555. The van der Waals surface area contributed by atoms with E-state index >= 15 is 0 Å². The number of fused-ring (bicyclic) bond motifs is 6. The Kier molecular flexibility index (Phi) is 6.58. The number of Topliss-reactive ketones (excluding diaryl/α,β-unsaturated/α-hetero) is 1. The average molecular weight is 491 g/mol. The van der Waals surface area contributed by atoms with E-state index in [1.54, 1.807) is 0 Å². The molecule has 35 heavy (non-hydrogen) atoms. The Hall–Kier alpha value is -1.12. The maximum atomic E-state index is 13.6. The fourth-order valence-corrected chi connectivity index (χ4v) is 8.51. The molecule has 1 heterocycles. The first-order chi connectivity index (χ1) is 16.6. The summed E-state index contributed by atoms with van der Waals surface area (Å²) in [5, 5.41) is 11.7. The topological polar surface area (TPSA) is 91.3 Å². The number of aliphatic hydroxyl groups is 1. The smallest absolute Gasteiger partial charge is 0.393 e. The number of aliphatic hydroxyl groups excluding tert-OH is 1. The van der Waals surface area contributed by atoms with E-state index in [9.17, 15) is 14.7 Å². The predicted molar refractivity (Wildman–Crippen MR) is 128 cm³/mol. The Bertz CT molecular complexity index is 890. The van der Waals surface area contributed by atoms with Gasteiger partial charge in [0.1, 0.15) is 12.2 Å². The zero-order valence-electron chi connectivity index (χ0n) is 21.8. The highest BCUT2D eigenvalue weighted by Crippen LogP contribution is 2.69. The predicted octanol–water partition coefficient (Wildman–Crippen LogP) is 4.31. The van der Waals surface area contributed by atoms with E-state index in [1.807, 2.05) is 19.9 Å². The molecule has 1 spiro atoms. The first kappa shape index (κ1) is 25.5. The van der Waals surface area contributed by atoms with E-state index in [2.05, 4.69) is 13.8 Å². The minimum atomic E-state index is -1.68. The third-order valence-corrected chi connectivity index (χ3v) is 10.1. The van der Waals surface area contributed by atoms with E-state index in [-0.39, 0.29) is 41.3 Å². The molecule has 0 amide bonds. The standard InChI is InChI=1S/C28H42O7/c1-5-13-32-28(33-14-6-2)34-17-23(31)27(35-28)12-10-21-20-8-7-18-15-19(29)9-11-25(18,3)24(20)22(30)16-26(21,27)4/h15,20-22,24,30H,5-14,16-17H2,1-4H3/t20-,21-,22-,24+,25-,26-,27-/m0/s1. The minimum Gasteiger partial charge on any atom is -0.393 e. The molecule has 4 aliphatic carbocycles. The summed E-state index contributed by atoms with van der Waals surface area (Å²) in [6.07, 6.45) is 6.23. The van der Waals surface area contributed by atoms with Gasteiger partial charge in [-0.2, -0.15) is 0 Å². The van der Waals surface area contributed by atoms with Gasteiger partial charge in [-0.15, -0.1) is 0 Å². The number of ether oxygens (including phenoxy) is 4. The lowest BCUT2D eigenvalue weighted by atomic mass is 9.45. The number of ketones is 2. The van der Waals surface area contributed by atoms with Gasteiger partial charge in [0.05, 0.1) is 19.3 Å². The second-order valence-electron chi connectivity index (χ2n) is 12.0. The second kappa shape index (κ2) is 9.02. The monoisotopic (exact) mass is 490 g/mol. The van der Waals surface area contributed by atoms with Crippen LogP contribution in [0.5, 0.6) is 0 Å². The molecule has 0 unspecified atom stereocenters. The maximum absolute atomic E-state index is 13.6. The van der Waals surface area contributed by atoms with Gasteiger partial charge in [0.25, 0.3) is 0 Å². The molecule has 7 nitrogen and oxygen atoms in total. The number of rotatable bonds is 6. The molecule has 3 saturated carbocycles. The van der Waals surface area contributed by atoms with Crippen LogP contribution in [0.2, 0.25) is 0 Å². The summed E-state index contributed by atoms with van der Waals surface area (Å²) in [5.74, 6) is 0.748. The molecule has 0 aromatic rings. The number of allylic oxidation sites excluding steroid dienone is 1. The maximum Gasteiger partial charge on any atom is 0.414 e. The van der Waals surface area contributed by atoms with Crippen LogP contribution >= 0.6 is 0 Å². The zero-order valence-corrected chi connectivity index (χ0v) is 21.8. The summed E-state index contributed by atoms with van der Waals surface area (Å²) in [5.41, 5.74) is -0.606. The van der Waals surface area contributed by atoms with Crippen LogP contribution in [0.15, 0.2) is 11.6 Å². The average Bonchev–Trinajstić information content (AvgIpc) is 3.11. The van der Waals surface area contributed by atoms with Gasteiger partial charge in [0, 0.05) is 11.8 Å². The largest absolute Gasteiger partial charge is 0.414 e. The molecule has 1 saturated heterocycles. The molecule has 0 bridgehead atoms. The molecule has 7 atom stereocenters. The van der Waals surface area contributed by atoms with Gasteiger partial charge in [-0.05, 0) is 80.6 Å². The van der Waals surface area contributed by atoms with E-state index in [0.717, 1.165) is 38.5 Å². The van der Waals surface area contributed by atoms with E-state index in [1.165, 1.54) is 5.57 Å². The molecule has 1 aliphatic heterocycles. The first-order valence-electron chi connectivity index (χ1n) is 13.7. The number of hydrogen-bond acceptors (Lipinski definition) is 7. The molecule has 1 N–H and O–H groups in total. The van der Waals surface area contributed by atoms with Gasteiger partial charge in [-0.25, -0.2) is 0 Å². The molecule has 7 heteroatoms. The molecule has 4 fully saturated rings. The zero-order chi connectivity index (χ0) is 25.1. The van der Waals surface area contributed by atoms with Crippen LogP contribution in [0, 0.1) is 28.6 Å². The normalized spacial score (nSPS) is 44.5. The molecular weight excluding hydrogens is 448 g/mol. The summed E-state index contributed by atoms with van der Waals surface area (Å²) in [7, 11) is 0. The minimum absolute atomic E-state index is 0.0742. The van der Waals surface area contributed by atoms with Gasteiger partial charge in [-0.1, -0.05) is 33.3 Å². The third kappa shape index (κ3) is 3.71. The van der Waals surface area contributed by atoms with Crippen molar-refractivity contribution >= 4 is 11.6 Å². The fourth-order valence-electron chi connectivity index (χ4n) is 8.51. The molecular formula is C28H42O7. The van der Waals surface area contributed by atoms with E-state index in [0.29, 0.717) is 32.5 Å². The SMILES string of the molecule is CCCOC1(OCCC)OCC(=O)[C@]2(CC[C@H]3[C@@H]4CCC5=CC(=O)CC[C@]5(C)[C@H]4[C@@H](O)C[C@@]32C)O1. The first-order valence-corrected chi connectivity index (χ1v) is 13.7. The lowest BCUT2D eigenvalue weighted by Crippen LogP contribution is -2.68. The van der Waals surface area contributed by atoms with Crippen molar-refractivity contribution in [3.8, 4) is 0 Å².